The molecule has 3 amide bonds. The Morgan fingerprint density at radius 1 is 1.00 bits per heavy atom. The largest absolute Gasteiger partial charge is 0.347 e. The Morgan fingerprint density at radius 3 is 2.29 bits per heavy atom. The maximum Gasteiger partial charge on any atom is 0.270 e. The quantitative estimate of drug-likeness (QED) is 0.874. The summed E-state index contributed by atoms with van der Waals surface area (Å²) in [6.45, 7) is 5.94. The number of piperazine rings is 1. The molecule has 0 bridgehead atoms. The Labute approximate surface area is 164 Å². The summed E-state index contributed by atoms with van der Waals surface area (Å²) in [5.74, 6) is -0.460. The maximum absolute atomic E-state index is 12.7. The highest BCUT2D eigenvalue weighted by Gasteiger charge is 2.24. The van der Waals surface area contributed by atoms with Crippen molar-refractivity contribution in [3.63, 3.8) is 0 Å². The molecule has 0 aliphatic carbocycles. The number of aromatic nitrogens is 1. The van der Waals surface area contributed by atoms with Crippen LogP contribution in [0.2, 0.25) is 0 Å². The van der Waals surface area contributed by atoms with Gasteiger partial charge in [0.1, 0.15) is 5.69 Å². The molecule has 0 atom stereocenters. The van der Waals surface area contributed by atoms with Gasteiger partial charge in [-0.25, -0.2) is 0 Å². The van der Waals surface area contributed by atoms with Crippen molar-refractivity contribution >= 4 is 17.7 Å². The standard InChI is InChI=1S/C21H24N4O3/c1-15-3-5-17(6-4-15)14-23-20(27)19-13-18(7-8-22-19)21(28)25-11-9-24(10-12-25)16(2)26/h3-8,13H,9-12,14H2,1-2H3,(H,23,27). The number of aryl methyl sites for hydroxylation is 1. The van der Waals surface area contributed by atoms with Crippen molar-refractivity contribution in [2.45, 2.75) is 20.4 Å². The van der Waals surface area contributed by atoms with Crippen LogP contribution in [0.3, 0.4) is 0 Å². The topological polar surface area (TPSA) is 82.6 Å². The second-order valence-corrected chi connectivity index (χ2v) is 6.90. The Hall–Kier alpha value is -3.22. The van der Waals surface area contributed by atoms with E-state index in [0.717, 1.165) is 11.1 Å². The fourth-order valence-corrected chi connectivity index (χ4v) is 3.07. The number of pyridine rings is 1. The Bertz CT molecular complexity index is 871. The van der Waals surface area contributed by atoms with Crippen LogP contribution < -0.4 is 5.32 Å². The molecular formula is C21H24N4O3. The predicted molar refractivity (Wildman–Crippen MR) is 105 cm³/mol. The molecule has 1 fully saturated rings. The summed E-state index contributed by atoms with van der Waals surface area (Å²) in [5, 5.41) is 2.83. The van der Waals surface area contributed by atoms with Crippen molar-refractivity contribution in [2.24, 2.45) is 0 Å². The fraction of sp³-hybridized carbons (Fsp3) is 0.333. The zero-order valence-electron chi connectivity index (χ0n) is 16.1. The third-order valence-electron chi connectivity index (χ3n) is 4.83. The number of hydrogen-bond donors (Lipinski definition) is 1. The molecule has 1 aromatic carbocycles. The lowest BCUT2D eigenvalue weighted by Crippen LogP contribution is -2.50. The van der Waals surface area contributed by atoms with Gasteiger partial charge in [0.15, 0.2) is 0 Å². The minimum atomic E-state index is -0.323. The molecule has 146 valence electrons. The predicted octanol–water partition coefficient (Wildman–Crippen LogP) is 1.62. The van der Waals surface area contributed by atoms with Crippen LogP contribution in [-0.2, 0) is 11.3 Å². The molecule has 0 saturated carbocycles. The molecule has 28 heavy (non-hydrogen) atoms. The molecule has 1 saturated heterocycles. The molecule has 0 spiro atoms. The molecule has 1 aliphatic rings. The van der Waals surface area contributed by atoms with E-state index in [-0.39, 0.29) is 23.4 Å². The lowest BCUT2D eigenvalue weighted by Gasteiger charge is -2.34. The molecular weight excluding hydrogens is 356 g/mol. The number of benzene rings is 1. The van der Waals surface area contributed by atoms with E-state index in [2.05, 4.69) is 10.3 Å². The van der Waals surface area contributed by atoms with Crippen molar-refractivity contribution in [2.75, 3.05) is 26.2 Å². The zero-order chi connectivity index (χ0) is 20.1. The van der Waals surface area contributed by atoms with Crippen molar-refractivity contribution in [1.29, 1.82) is 0 Å². The van der Waals surface area contributed by atoms with Gasteiger partial charge < -0.3 is 15.1 Å². The van der Waals surface area contributed by atoms with Crippen LogP contribution in [0, 0.1) is 6.92 Å². The SMILES string of the molecule is CC(=O)N1CCN(C(=O)c2ccnc(C(=O)NCc3ccc(C)cc3)c2)CC1. The molecule has 3 rings (SSSR count). The number of nitrogens with zero attached hydrogens (tertiary/aromatic N) is 3. The maximum atomic E-state index is 12.7. The van der Waals surface area contributed by atoms with Crippen LogP contribution in [0.5, 0.6) is 0 Å². The zero-order valence-corrected chi connectivity index (χ0v) is 16.1. The molecule has 1 N–H and O–H groups in total. The van der Waals surface area contributed by atoms with E-state index in [1.165, 1.54) is 19.2 Å². The van der Waals surface area contributed by atoms with E-state index in [4.69, 9.17) is 0 Å². The van der Waals surface area contributed by atoms with Gasteiger partial charge in [0.25, 0.3) is 11.8 Å². The molecule has 1 aliphatic heterocycles. The molecule has 7 heteroatoms. The monoisotopic (exact) mass is 380 g/mol. The van der Waals surface area contributed by atoms with Crippen LogP contribution in [0.15, 0.2) is 42.6 Å². The van der Waals surface area contributed by atoms with Crippen LogP contribution in [0.1, 0.15) is 38.9 Å². The summed E-state index contributed by atoms with van der Waals surface area (Å²) in [5.41, 5.74) is 2.79. The highest BCUT2D eigenvalue weighted by Crippen LogP contribution is 2.10. The molecule has 7 nitrogen and oxygen atoms in total. The van der Waals surface area contributed by atoms with Gasteiger partial charge in [0.2, 0.25) is 5.91 Å². The Balaban J connectivity index is 1.61. The summed E-state index contributed by atoms with van der Waals surface area (Å²) >= 11 is 0. The first-order chi connectivity index (χ1) is 13.4. The second kappa shape index (κ2) is 8.65. The lowest BCUT2D eigenvalue weighted by atomic mass is 10.1. The van der Waals surface area contributed by atoms with Gasteiger partial charge in [-0.3, -0.25) is 19.4 Å². The first kappa shape index (κ1) is 19.5. The van der Waals surface area contributed by atoms with Crippen LogP contribution in [-0.4, -0.2) is 58.7 Å². The van der Waals surface area contributed by atoms with E-state index in [1.54, 1.807) is 15.9 Å². The van der Waals surface area contributed by atoms with E-state index >= 15 is 0 Å². The first-order valence-electron chi connectivity index (χ1n) is 9.28. The van der Waals surface area contributed by atoms with Gasteiger partial charge in [-0.1, -0.05) is 29.8 Å². The van der Waals surface area contributed by atoms with Gasteiger partial charge in [-0.05, 0) is 24.6 Å². The van der Waals surface area contributed by atoms with Gasteiger partial charge in [0, 0.05) is 51.4 Å². The number of carbonyl (C=O) groups excluding carboxylic acids is 3. The summed E-state index contributed by atoms with van der Waals surface area (Å²) in [6.07, 6.45) is 1.47. The average Bonchev–Trinajstić information content (AvgIpc) is 2.72. The van der Waals surface area contributed by atoms with Crippen molar-refractivity contribution < 1.29 is 14.4 Å². The number of amides is 3. The highest BCUT2D eigenvalue weighted by atomic mass is 16.2. The highest BCUT2D eigenvalue weighted by molar-refractivity contribution is 5.98. The fourth-order valence-electron chi connectivity index (χ4n) is 3.07. The van der Waals surface area contributed by atoms with E-state index in [9.17, 15) is 14.4 Å². The summed E-state index contributed by atoms with van der Waals surface area (Å²) in [7, 11) is 0. The first-order valence-corrected chi connectivity index (χ1v) is 9.28. The van der Waals surface area contributed by atoms with Crippen molar-refractivity contribution in [3.05, 3.63) is 65.0 Å². The third-order valence-corrected chi connectivity index (χ3v) is 4.83. The number of nitrogens with one attached hydrogen (secondary N) is 1. The van der Waals surface area contributed by atoms with Crippen LogP contribution >= 0.6 is 0 Å². The number of carbonyl (C=O) groups is 3. The van der Waals surface area contributed by atoms with Gasteiger partial charge >= 0.3 is 0 Å². The Morgan fingerprint density at radius 2 is 1.64 bits per heavy atom. The second-order valence-electron chi connectivity index (χ2n) is 6.90. The van der Waals surface area contributed by atoms with E-state index in [1.807, 2.05) is 31.2 Å². The van der Waals surface area contributed by atoms with Crippen molar-refractivity contribution in [3.8, 4) is 0 Å². The normalized spacial score (nSPS) is 13.9. The van der Waals surface area contributed by atoms with Crippen molar-refractivity contribution in [1.82, 2.24) is 20.1 Å². The number of rotatable bonds is 4. The molecule has 2 heterocycles. The summed E-state index contributed by atoms with van der Waals surface area (Å²) in [6, 6.07) is 11.0. The van der Waals surface area contributed by atoms with Crippen LogP contribution in [0.25, 0.3) is 0 Å². The third kappa shape index (κ3) is 4.73. The molecule has 0 unspecified atom stereocenters. The molecule has 0 radical (unpaired) electrons. The van der Waals surface area contributed by atoms with E-state index < -0.39 is 0 Å². The summed E-state index contributed by atoms with van der Waals surface area (Å²) in [4.78, 5) is 44.1. The van der Waals surface area contributed by atoms with Crippen LogP contribution in [0.4, 0.5) is 0 Å². The van der Waals surface area contributed by atoms with E-state index in [0.29, 0.717) is 38.3 Å². The van der Waals surface area contributed by atoms with Gasteiger partial charge in [0.05, 0.1) is 0 Å². The average molecular weight is 380 g/mol. The number of hydrogen-bond acceptors (Lipinski definition) is 4. The minimum absolute atomic E-state index is 0.0172. The summed E-state index contributed by atoms with van der Waals surface area (Å²) < 4.78 is 0. The van der Waals surface area contributed by atoms with Gasteiger partial charge in [-0.2, -0.15) is 0 Å². The lowest BCUT2D eigenvalue weighted by molar-refractivity contribution is -0.130. The smallest absolute Gasteiger partial charge is 0.270 e. The molecule has 1 aromatic heterocycles. The molecule has 2 aromatic rings. The Kier molecular flexibility index (Phi) is 6.03. The minimum Gasteiger partial charge on any atom is -0.347 e. The van der Waals surface area contributed by atoms with Gasteiger partial charge in [-0.15, -0.1) is 0 Å².